The molecule has 0 saturated carbocycles. The average Bonchev–Trinajstić information content (AvgIpc) is 2.36. The molecule has 0 amide bonds. The van der Waals surface area contributed by atoms with Crippen molar-refractivity contribution in [1.29, 1.82) is 0 Å². The average molecular weight is 327 g/mol. The molecule has 0 unspecified atom stereocenters. The zero-order valence-electron chi connectivity index (χ0n) is 9.87. The Hall–Kier alpha value is -1.19. The highest BCUT2D eigenvalue weighted by Crippen LogP contribution is 2.29. The molecule has 0 atom stereocenters. The molecular formula is C14H13BrClNO. The number of anilines is 1. The molecule has 0 saturated heterocycles. The molecule has 0 spiro atoms. The molecule has 18 heavy (non-hydrogen) atoms. The minimum atomic E-state index is 0.268. The molecule has 0 fully saturated rings. The second-order valence-electron chi connectivity index (χ2n) is 4.01. The largest absolute Gasteiger partial charge is 0.506 e. The van der Waals surface area contributed by atoms with Gasteiger partial charge in [0.15, 0.2) is 0 Å². The van der Waals surface area contributed by atoms with Gasteiger partial charge in [0, 0.05) is 22.8 Å². The molecule has 0 radical (unpaired) electrons. The quantitative estimate of drug-likeness (QED) is 0.854. The fourth-order valence-electron chi connectivity index (χ4n) is 1.69. The lowest BCUT2D eigenvalue weighted by molar-refractivity contribution is 0.465. The predicted octanol–water partition coefficient (Wildman–Crippen LogP) is 4.73. The van der Waals surface area contributed by atoms with E-state index in [1.54, 1.807) is 0 Å². The minimum Gasteiger partial charge on any atom is -0.506 e. The number of hydrogen-bond acceptors (Lipinski definition) is 2. The summed E-state index contributed by atoms with van der Waals surface area (Å²) in [5.74, 6) is 0.268. The van der Waals surface area contributed by atoms with Crippen LogP contribution in [-0.4, -0.2) is 5.11 Å². The fourth-order valence-corrected chi connectivity index (χ4v) is 2.27. The third kappa shape index (κ3) is 2.79. The number of halogens is 2. The van der Waals surface area contributed by atoms with Crippen LogP contribution in [0.1, 0.15) is 11.1 Å². The lowest BCUT2D eigenvalue weighted by atomic mass is 10.1. The Bertz CT molecular complexity index is 520. The molecule has 2 rings (SSSR count). The highest BCUT2D eigenvalue weighted by atomic mass is 79.9. The van der Waals surface area contributed by atoms with Crippen molar-refractivity contribution in [2.45, 2.75) is 13.5 Å². The van der Waals surface area contributed by atoms with Crippen LogP contribution in [0.3, 0.4) is 0 Å². The van der Waals surface area contributed by atoms with Crippen LogP contribution < -0.4 is 5.32 Å². The van der Waals surface area contributed by atoms with E-state index in [0.29, 0.717) is 11.0 Å². The molecule has 2 aromatic rings. The molecule has 0 bridgehead atoms. The van der Waals surface area contributed by atoms with Gasteiger partial charge in [-0.2, -0.15) is 0 Å². The van der Waals surface area contributed by atoms with Crippen molar-refractivity contribution in [2.75, 3.05) is 5.32 Å². The lowest BCUT2D eigenvalue weighted by Crippen LogP contribution is -2.01. The number of aromatic hydroxyl groups is 1. The second-order valence-corrected chi connectivity index (χ2v) is 5.28. The zero-order valence-corrected chi connectivity index (χ0v) is 12.2. The van der Waals surface area contributed by atoms with E-state index in [9.17, 15) is 5.11 Å². The number of phenolic OH excluding ortho intramolecular Hbond substituents is 1. The molecule has 4 heteroatoms. The number of para-hydroxylation sites is 1. The van der Waals surface area contributed by atoms with Crippen molar-refractivity contribution in [3.63, 3.8) is 0 Å². The lowest BCUT2D eigenvalue weighted by Gasteiger charge is -2.12. The summed E-state index contributed by atoms with van der Waals surface area (Å²) in [6, 6.07) is 11.3. The number of phenols is 1. The van der Waals surface area contributed by atoms with Gasteiger partial charge in [-0.3, -0.25) is 0 Å². The Morgan fingerprint density at radius 3 is 2.72 bits per heavy atom. The summed E-state index contributed by atoms with van der Waals surface area (Å²) in [4.78, 5) is 0. The van der Waals surface area contributed by atoms with Crippen LogP contribution in [0.2, 0.25) is 5.02 Å². The van der Waals surface area contributed by atoms with Gasteiger partial charge in [0.2, 0.25) is 0 Å². The van der Waals surface area contributed by atoms with Gasteiger partial charge >= 0.3 is 0 Å². The number of rotatable bonds is 3. The van der Waals surface area contributed by atoms with Gasteiger partial charge in [-0.1, -0.05) is 29.8 Å². The molecule has 0 aliphatic carbocycles. The van der Waals surface area contributed by atoms with Crippen molar-refractivity contribution >= 4 is 33.2 Å². The van der Waals surface area contributed by atoms with Gasteiger partial charge in [0.25, 0.3) is 0 Å². The van der Waals surface area contributed by atoms with Crippen molar-refractivity contribution in [2.24, 2.45) is 0 Å². The Labute approximate surface area is 120 Å². The van der Waals surface area contributed by atoms with E-state index in [0.717, 1.165) is 21.8 Å². The molecular weight excluding hydrogens is 314 g/mol. The maximum Gasteiger partial charge on any atom is 0.134 e. The van der Waals surface area contributed by atoms with Crippen molar-refractivity contribution in [3.05, 3.63) is 57.0 Å². The molecule has 0 aliphatic heterocycles. The summed E-state index contributed by atoms with van der Waals surface area (Å²) in [5, 5.41) is 13.9. The van der Waals surface area contributed by atoms with Crippen LogP contribution in [0.25, 0.3) is 0 Å². The van der Waals surface area contributed by atoms with Crippen LogP contribution in [0.15, 0.2) is 40.9 Å². The summed E-state index contributed by atoms with van der Waals surface area (Å²) >= 11 is 9.35. The highest BCUT2D eigenvalue weighted by Gasteiger charge is 2.06. The maximum absolute atomic E-state index is 9.89. The van der Waals surface area contributed by atoms with Gasteiger partial charge in [0.05, 0.1) is 4.47 Å². The summed E-state index contributed by atoms with van der Waals surface area (Å²) < 4.78 is 0.699. The van der Waals surface area contributed by atoms with E-state index < -0.39 is 0 Å². The van der Waals surface area contributed by atoms with Gasteiger partial charge in [-0.25, -0.2) is 0 Å². The Morgan fingerprint density at radius 2 is 1.94 bits per heavy atom. The molecule has 2 nitrogen and oxygen atoms in total. The first-order valence-corrected chi connectivity index (χ1v) is 6.72. The Kier molecular flexibility index (Phi) is 4.15. The van der Waals surface area contributed by atoms with Crippen LogP contribution in [-0.2, 0) is 6.54 Å². The molecule has 2 N–H and O–H groups in total. The van der Waals surface area contributed by atoms with Crippen LogP contribution in [0, 0.1) is 6.92 Å². The van der Waals surface area contributed by atoms with E-state index >= 15 is 0 Å². The summed E-state index contributed by atoms with van der Waals surface area (Å²) in [6.45, 7) is 2.51. The highest BCUT2D eigenvalue weighted by molar-refractivity contribution is 9.10. The maximum atomic E-state index is 9.89. The molecule has 94 valence electrons. The molecule has 2 aromatic carbocycles. The first-order valence-electron chi connectivity index (χ1n) is 5.55. The van der Waals surface area contributed by atoms with Crippen LogP contribution in [0.5, 0.6) is 5.75 Å². The van der Waals surface area contributed by atoms with Crippen molar-refractivity contribution < 1.29 is 5.11 Å². The topological polar surface area (TPSA) is 32.3 Å². The number of benzene rings is 2. The fraction of sp³-hybridized carbons (Fsp3) is 0.143. The zero-order chi connectivity index (χ0) is 13.1. The summed E-state index contributed by atoms with van der Waals surface area (Å²) in [7, 11) is 0. The molecule has 0 heterocycles. The van der Waals surface area contributed by atoms with Gasteiger partial charge in [0.1, 0.15) is 5.75 Å². The van der Waals surface area contributed by atoms with E-state index in [1.165, 1.54) is 0 Å². The van der Waals surface area contributed by atoms with Crippen LogP contribution >= 0.6 is 27.5 Å². The Morgan fingerprint density at radius 1 is 1.22 bits per heavy atom. The van der Waals surface area contributed by atoms with E-state index in [2.05, 4.69) is 21.2 Å². The molecule has 0 aromatic heterocycles. The van der Waals surface area contributed by atoms with E-state index in [-0.39, 0.29) is 5.75 Å². The van der Waals surface area contributed by atoms with E-state index in [1.807, 2.05) is 43.3 Å². The van der Waals surface area contributed by atoms with E-state index in [4.69, 9.17) is 11.6 Å². The normalized spacial score (nSPS) is 10.4. The smallest absolute Gasteiger partial charge is 0.134 e. The second kappa shape index (κ2) is 5.63. The number of nitrogens with one attached hydrogen (secondary N) is 1. The standard InChI is InChI=1S/C14H13BrClNO/c1-9-12(16)6-3-7-13(9)17-8-10-4-2-5-11(15)14(10)18/h2-7,17-18H,8H2,1H3. The summed E-state index contributed by atoms with van der Waals surface area (Å²) in [5.41, 5.74) is 2.82. The van der Waals surface area contributed by atoms with Crippen molar-refractivity contribution in [1.82, 2.24) is 0 Å². The van der Waals surface area contributed by atoms with Gasteiger partial charge in [-0.05, 0) is 46.6 Å². The predicted molar refractivity (Wildman–Crippen MR) is 79.3 cm³/mol. The van der Waals surface area contributed by atoms with Gasteiger partial charge in [-0.15, -0.1) is 0 Å². The summed E-state index contributed by atoms with van der Waals surface area (Å²) in [6.07, 6.45) is 0. The minimum absolute atomic E-state index is 0.268. The molecule has 0 aliphatic rings. The Balaban J connectivity index is 2.17. The third-order valence-electron chi connectivity index (χ3n) is 2.81. The van der Waals surface area contributed by atoms with Gasteiger partial charge < -0.3 is 10.4 Å². The third-order valence-corrected chi connectivity index (χ3v) is 3.86. The number of hydrogen-bond donors (Lipinski definition) is 2. The SMILES string of the molecule is Cc1c(Cl)cccc1NCc1cccc(Br)c1O. The van der Waals surface area contributed by atoms with Crippen molar-refractivity contribution in [3.8, 4) is 5.75 Å². The van der Waals surface area contributed by atoms with Crippen LogP contribution in [0.4, 0.5) is 5.69 Å². The first kappa shape index (κ1) is 13.2. The monoisotopic (exact) mass is 325 g/mol. The first-order chi connectivity index (χ1) is 8.59.